The molecule has 154 valence electrons. The molecule has 1 aromatic rings. The lowest BCUT2D eigenvalue weighted by atomic mass is 9.85. The third-order valence-electron chi connectivity index (χ3n) is 5.71. The van der Waals surface area contributed by atoms with Crippen LogP contribution in [0.3, 0.4) is 0 Å². The van der Waals surface area contributed by atoms with E-state index in [2.05, 4.69) is 17.0 Å². The highest BCUT2D eigenvalue weighted by atomic mass is 19.4. The molecule has 28 heavy (non-hydrogen) atoms. The SMILES string of the molecule is O=C(O)C(F)(F)F.O=C1CC2(CCCCN2CC2CC2)CN1c1ccccc1. The van der Waals surface area contributed by atoms with E-state index in [1.54, 1.807) is 0 Å². The maximum absolute atomic E-state index is 12.6. The lowest BCUT2D eigenvalue weighted by molar-refractivity contribution is -0.192. The Labute approximate surface area is 162 Å². The summed E-state index contributed by atoms with van der Waals surface area (Å²) in [6.45, 7) is 3.30. The molecule has 0 radical (unpaired) electrons. The molecule has 8 heteroatoms. The van der Waals surface area contributed by atoms with Crippen molar-refractivity contribution in [2.75, 3.05) is 24.5 Å². The molecule has 1 aliphatic carbocycles. The first-order valence-corrected chi connectivity index (χ1v) is 9.62. The van der Waals surface area contributed by atoms with E-state index in [9.17, 15) is 18.0 Å². The topological polar surface area (TPSA) is 60.9 Å². The molecule has 4 rings (SSSR count). The molecule has 3 aliphatic rings. The number of halogens is 3. The van der Waals surface area contributed by atoms with Crippen LogP contribution in [0.4, 0.5) is 18.9 Å². The largest absolute Gasteiger partial charge is 0.490 e. The van der Waals surface area contributed by atoms with Crippen LogP contribution in [0.15, 0.2) is 30.3 Å². The molecular formula is C20H25F3N2O3. The summed E-state index contributed by atoms with van der Waals surface area (Å²) in [4.78, 5) is 26.2. The average Bonchev–Trinajstić information content (AvgIpc) is 3.40. The number of para-hydroxylation sites is 1. The number of carboxylic acid groups (broad SMARTS) is 1. The number of hydrogen-bond donors (Lipinski definition) is 1. The van der Waals surface area contributed by atoms with Gasteiger partial charge in [-0.25, -0.2) is 4.79 Å². The highest BCUT2D eigenvalue weighted by Gasteiger charge is 2.49. The van der Waals surface area contributed by atoms with Crippen molar-refractivity contribution in [3.05, 3.63) is 30.3 Å². The van der Waals surface area contributed by atoms with Gasteiger partial charge in [-0.2, -0.15) is 13.2 Å². The third kappa shape index (κ3) is 4.84. The summed E-state index contributed by atoms with van der Waals surface area (Å²) in [6, 6.07) is 10.2. The van der Waals surface area contributed by atoms with Crippen LogP contribution in [0.2, 0.25) is 0 Å². The number of hydrogen-bond acceptors (Lipinski definition) is 3. The van der Waals surface area contributed by atoms with Crippen LogP contribution in [-0.2, 0) is 9.59 Å². The Balaban J connectivity index is 0.000000279. The predicted molar refractivity (Wildman–Crippen MR) is 98.0 cm³/mol. The van der Waals surface area contributed by atoms with E-state index in [0.29, 0.717) is 12.3 Å². The van der Waals surface area contributed by atoms with Crippen molar-refractivity contribution in [2.45, 2.75) is 50.2 Å². The minimum atomic E-state index is -5.08. The molecule has 1 aromatic carbocycles. The van der Waals surface area contributed by atoms with E-state index < -0.39 is 12.1 Å². The van der Waals surface area contributed by atoms with Crippen molar-refractivity contribution >= 4 is 17.6 Å². The zero-order valence-electron chi connectivity index (χ0n) is 15.6. The van der Waals surface area contributed by atoms with Crippen molar-refractivity contribution in [1.82, 2.24) is 4.90 Å². The fourth-order valence-electron chi connectivity index (χ4n) is 4.09. The maximum atomic E-state index is 12.6. The van der Waals surface area contributed by atoms with E-state index >= 15 is 0 Å². The summed E-state index contributed by atoms with van der Waals surface area (Å²) < 4.78 is 31.7. The van der Waals surface area contributed by atoms with E-state index in [1.807, 2.05) is 23.1 Å². The van der Waals surface area contributed by atoms with E-state index in [0.717, 1.165) is 18.2 Å². The minimum Gasteiger partial charge on any atom is -0.475 e. The number of nitrogens with zero attached hydrogens (tertiary/aromatic N) is 2. The Hall–Kier alpha value is -2.09. The summed E-state index contributed by atoms with van der Waals surface area (Å²) in [5, 5.41) is 7.12. The van der Waals surface area contributed by atoms with Gasteiger partial charge in [0.1, 0.15) is 0 Å². The van der Waals surface area contributed by atoms with Gasteiger partial charge in [-0.3, -0.25) is 9.69 Å². The third-order valence-corrected chi connectivity index (χ3v) is 5.71. The van der Waals surface area contributed by atoms with Gasteiger partial charge in [0.25, 0.3) is 0 Å². The molecule has 2 saturated heterocycles. The Kier molecular flexibility index (Phi) is 5.98. The number of carboxylic acids is 1. The van der Waals surface area contributed by atoms with Crippen LogP contribution in [0.5, 0.6) is 0 Å². The van der Waals surface area contributed by atoms with Crippen LogP contribution in [0.25, 0.3) is 0 Å². The first-order valence-electron chi connectivity index (χ1n) is 9.62. The quantitative estimate of drug-likeness (QED) is 0.844. The van der Waals surface area contributed by atoms with E-state index in [1.165, 1.54) is 45.2 Å². The number of likely N-dealkylation sites (tertiary alicyclic amines) is 1. The second-order valence-corrected chi connectivity index (χ2v) is 7.87. The van der Waals surface area contributed by atoms with E-state index in [-0.39, 0.29) is 5.54 Å². The number of rotatable bonds is 3. The minimum absolute atomic E-state index is 0.119. The van der Waals surface area contributed by atoms with Crippen LogP contribution >= 0.6 is 0 Å². The van der Waals surface area contributed by atoms with Crippen molar-refractivity contribution in [3.8, 4) is 0 Å². The van der Waals surface area contributed by atoms with Crippen LogP contribution in [0.1, 0.15) is 38.5 Å². The van der Waals surface area contributed by atoms with Crippen molar-refractivity contribution in [2.24, 2.45) is 5.92 Å². The summed E-state index contributed by atoms with van der Waals surface area (Å²) in [6.07, 6.45) is 2.18. The normalized spacial score (nSPS) is 25.5. The monoisotopic (exact) mass is 398 g/mol. The van der Waals surface area contributed by atoms with Gasteiger partial charge >= 0.3 is 12.1 Å². The number of alkyl halides is 3. The van der Waals surface area contributed by atoms with Gasteiger partial charge in [-0.05, 0) is 50.3 Å². The number of aliphatic carboxylic acids is 1. The summed E-state index contributed by atoms with van der Waals surface area (Å²) >= 11 is 0. The summed E-state index contributed by atoms with van der Waals surface area (Å²) in [5.74, 6) is -1.54. The lowest BCUT2D eigenvalue weighted by Gasteiger charge is -2.44. The van der Waals surface area contributed by atoms with Gasteiger partial charge in [0.05, 0.1) is 0 Å². The molecule has 1 saturated carbocycles. The number of benzene rings is 1. The molecule has 1 unspecified atom stereocenters. The number of amides is 1. The zero-order chi connectivity index (χ0) is 20.4. The molecule has 2 aliphatic heterocycles. The molecule has 3 fully saturated rings. The van der Waals surface area contributed by atoms with Crippen LogP contribution in [0, 0.1) is 5.92 Å². The fraction of sp³-hybridized carbons (Fsp3) is 0.600. The highest BCUT2D eigenvalue weighted by molar-refractivity contribution is 5.97. The highest BCUT2D eigenvalue weighted by Crippen LogP contribution is 2.41. The van der Waals surface area contributed by atoms with Gasteiger partial charge in [-0.15, -0.1) is 0 Å². The summed E-state index contributed by atoms with van der Waals surface area (Å²) in [7, 11) is 0. The molecule has 1 atom stereocenters. The van der Waals surface area contributed by atoms with Crippen LogP contribution < -0.4 is 4.90 Å². The molecule has 5 nitrogen and oxygen atoms in total. The maximum Gasteiger partial charge on any atom is 0.490 e. The van der Waals surface area contributed by atoms with Crippen molar-refractivity contribution in [1.29, 1.82) is 0 Å². The number of carbonyl (C=O) groups excluding carboxylic acids is 1. The standard InChI is InChI=1S/C18H24N2O.C2HF3O2/c21-17-12-18(14-20(17)16-6-2-1-3-7-16)10-4-5-11-19(18)13-15-8-9-15;3-2(4,5)1(6)7/h1-3,6-7,15H,4-5,8-14H2;(H,6,7). The number of anilines is 1. The van der Waals surface area contributed by atoms with Crippen molar-refractivity contribution in [3.63, 3.8) is 0 Å². The van der Waals surface area contributed by atoms with Gasteiger partial charge in [-0.1, -0.05) is 24.6 Å². The first-order chi connectivity index (χ1) is 13.2. The van der Waals surface area contributed by atoms with Crippen LogP contribution in [-0.4, -0.2) is 53.2 Å². The molecule has 1 N–H and O–H groups in total. The molecule has 0 bridgehead atoms. The van der Waals surface area contributed by atoms with Gasteiger partial charge in [0.15, 0.2) is 0 Å². The summed E-state index contributed by atoms with van der Waals surface area (Å²) in [5.41, 5.74) is 1.18. The second-order valence-electron chi connectivity index (χ2n) is 7.87. The fourth-order valence-corrected chi connectivity index (χ4v) is 4.09. The Morgan fingerprint density at radius 2 is 1.82 bits per heavy atom. The van der Waals surface area contributed by atoms with Gasteiger partial charge < -0.3 is 10.0 Å². The van der Waals surface area contributed by atoms with Crippen molar-refractivity contribution < 1.29 is 27.9 Å². The zero-order valence-corrected chi connectivity index (χ0v) is 15.6. The smallest absolute Gasteiger partial charge is 0.475 e. The Morgan fingerprint density at radius 3 is 2.39 bits per heavy atom. The van der Waals surface area contributed by atoms with E-state index in [4.69, 9.17) is 9.90 Å². The lowest BCUT2D eigenvalue weighted by Crippen LogP contribution is -2.54. The van der Waals surface area contributed by atoms with Gasteiger partial charge in [0, 0.05) is 30.7 Å². The number of carbonyl (C=O) groups is 2. The molecule has 2 heterocycles. The number of piperidine rings is 1. The van der Waals surface area contributed by atoms with Gasteiger partial charge in [0.2, 0.25) is 5.91 Å². The predicted octanol–water partition coefficient (Wildman–Crippen LogP) is 3.69. The molecule has 1 spiro atoms. The molecule has 0 aromatic heterocycles. The Morgan fingerprint density at radius 1 is 1.18 bits per heavy atom. The molecule has 1 amide bonds. The Bertz CT molecular complexity index is 706. The second kappa shape index (κ2) is 8.11. The average molecular weight is 398 g/mol. The molecular weight excluding hydrogens is 373 g/mol. The first kappa shape index (κ1) is 20.6.